The van der Waals surface area contributed by atoms with Crippen molar-refractivity contribution in [2.75, 3.05) is 53.2 Å². The van der Waals surface area contributed by atoms with Crippen LogP contribution in [0.25, 0.3) is 0 Å². The summed E-state index contributed by atoms with van der Waals surface area (Å²) in [7, 11) is 1.61. The maximum atomic E-state index is 13.1. The van der Waals surface area contributed by atoms with Crippen LogP contribution in [0.15, 0.2) is 64.5 Å². The molecule has 216 valence electrons. The molecule has 0 spiro atoms. The summed E-state index contributed by atoms with van der Waals surface area (Å²) in [5, 5.41) is 0. The highest BCUT2D eigenvalue weighted by Gasteiger charge is 2.49. The Bertz CT molecular complexity index is 1190. The van der Waals surface area contributed by atoms with E-state index < -0.39 is 23.5 Å². The van der Waals surface area contributed by atoms with Gasteiger partial charge in [0.2, 0.25) is 0 Å². The van der Waals surface area contributed by atoms with E-state index in [9.17, 15) is 14.4 Å². The molecule has 40 heavy (non-hydrogen) atoms. The first-order valence-corrected chi connectivity index (χ1v) is 13.8. The first kappa shape index (κ1) is 29.7. The van der Waals surface area contributed by atoms with Crippen molar-refractivity contribution < 1.29 is 38.1 Å². The maximum absolute atomic E-state index is 13.1. The minimum Gasteiger partial charge on any atom is -0.464 e. The van der Waals surface area contributed by atoms with E-state index >= 15 is 0 Å². The lowest BCUT2D eigenvalue weighted by Crippen LogP contribution is -2.40. The maximum Gasteiger partial charge on any atom is 0.343 e. The number of esters is 3. The quantitative estimate of drug-likeness (QED) is 0.229. The number of ether oxygens (including phenoxy) is 5. The molecule has 1 atom stereocenters. The Morgan fingerprint density at radius 2 is 1.85 bits per heavy atom. The van der Waals surface area contributed by atoms with Crippen molar-refractivity contribution in [2.45, 2.75) is 46.1 Å². The number of hydrogen-bond donors (Lipinski definition) is 0. The second kappa shape index (κ2) is 13.4. The van der Waals surface area contributed by atoms with Crippen molar-refractivity contribution in [1.29, 1.82) is 0 Å². The Kier molecular flexibility index (Phi) is 9.95. The van der Waals surface area contributed by atoms with Gasteiger partial charge in [0.1, 0.15) is 24.5 Å². The largest absolute Gasteiger partial charge is 0.464 e. The van der Waals surface area contributed by atoms with Crippen LogP contribution >= 0.6 is 0 Å². The summed E-state index contributed by atoms with van der Waals surface area (Å²) in [6, 6.07) is 8.64. The van der Waals surface area contributed by atoms with Crippen molar-refractivity contribution in [1.82, 2.24) is 4.90 Å². The molecular weight excluding hydrogens is 514 g/mol. The fraction of sp³-hybridized carbons (Fsp3) is 0.516. The number of rotatable bonds is 11. The summed E-state index contributed by atoms with van der Waals surface area (Å²) < 4.78 is 28.0. The van der Waals surface area contributed by atoms with E-state index in [1.54, 1.807) is 31.4 Å². The van der Waals surface area contributed by atoms with Crippen LogP contribution in [0, 0.1) is 5.41 Å². The molecule has 4 rings (SSSR count). The first-order chi connectivity index (χ1) is 19.2. The molecule has 1 fully saturated rings. The summed E-state index contributed by atoms with van der Waals surface area (Å²) in [6.07, 6.45) is 2.71. The van der Waals surface area contributed by atoms with Crippen LogP contribution in [0.2, 0.25) is 0 Å². The second-order valence-electron chi connectivity index (χ2n) is 10.8. The molecule has 0 N–H and O–H groups in total. The van der Waals surface area contributed by atoms with E-state index in [1.807, 2.05) is 32.9 Å². The molecule has 3 aliphatic rings. The molecule has 2 heterocycles. The van der Waals surface area contributed by atoms with Crippen molar-refractivity contribution in [3.8, 4) is 0 Å². The topological polar surface area (TPSA) is 101 Å². The minimum absolute atomic E-state index is 0.128. The molecule has 1 aliphatic carbocycles. The van der Waals surface area contributed by atoms with Crippen molar-refractivity contribution in [3.05, 3.63) is 70.0 Å². The molecule has 9 heteroatoms. The van der Waals surface area contributed by atoms with Gasteiger partial charge in [0.05, 0.1) is 24.9 Å². The van der Waals surface area contributed by atoms with E-state index in [4.69, 9.17) is 23.7 Å². The number of morpholine rings is 1. The minimum atomic E-state index is -0.560. The number of nitrogens with zero attached hydrogens (tertiary/aromatic N) is 1. The van der Waals surface area contributed by atoms with E-state index in [0.29, 0.717) is 55.9 Å². The number of benzene rings is 1. The highest BCUT2D eigenvalue weighted by atomic mass is 16.6. The van der Waals surface area contributed by atoms with Gasteiger partial charge in [0, 0.05) is 44.2 Å². The van der Waals surface area contributed by atoms with Crippen LogP contribution in [-0.2, 0) is 33.3 Å². The molecule has 2 aliphatic heterocycles. The van der Waals surface area contributed by atoms with Gasteiger partial charge in [-0.2, -0.15) is 0 Å². The Morgan fingerprint density at radius 1 is 1.12 bits per heavy atom. The van der Waals surface area contributed by atoms with Crippen LogP contribution in [0.5, 0.6) is 0 Å². The number of carbonyl (C=O) groups is 3. The van der Waals surface area contributed by atoms with Crippen LogP contribution in [0.4, 0.5) is 0 Å². The summed E-state index contributed by atoms with van der Waals surface area (Å²) in [5.41, 5.74) is 2.53. The number of carbonyl (C=O) groups excluding carboxylic acids is 3. The van der Waals surface area contributed by atoms with Crippen LogP contribution in [0.1, 0.15) is 50.4 Å². The molecule has 9 nitrogen and oxygen atoms in total. The molecule has 1 saturated heterocycles. The van der Waals surface area contributed by atoms with Gasteiger partial charge in [0.15, 0.2) is 0 Å². The fourth-order valence-electron chi connectivity index (χ4n) is 5.37. The number of methoxy groups -OCH3 is 1. The molecule has 1 aromatic rings. The van der Waals surface area contributed by atoms with Crippen LogP contribution in [-0.4, -0.2) is 82.1 Å². The molecule has 1 aromatic carbocycles. The zero-order valence-corrected chi connectivity index (χ0v) is 23.8. The predicted octanol–water partition coefficient (Wildman–Crippen LogP) is 4.00. The second-order valence-corrected chi connectivity index (χ2v) is 10.8. The molecule has 0 bridgehead atoms. The Hall–Kier alpha value is -3.27. The highest BCUT2D eigenvalue weighted by molar-refractivity contribution is 5.99. The van der Waals surface area contributed by atoms with E-state index in [0.717, 1.165) is 24.2 Å². The predicted molar refractivity (Wildman–Crippen MR) is 147 cm³/mol. The number of allylic oxidation sites excluding steroid dienone is 2. The molecule has 0 radical (unpaired) electrons. The lowest BCUT2D eigenvalue weighted by molar-refractivity contribution is -0.144. The third kappa shape index (κ3) is 6.89. The lowest BCUT2D eigenvalue weighted by Gasteiger charge is -2.40. The molecule has 1 unspecified atom stereocenters. The summed E-state index contributed by atoms with van der Waals surface area (Å²) in [6.45, 7) is 10.3. The Balaban J connectivity index is 1.47. The molecular formula is C31H39NO8. The highest BCUT2D eigenvalue weighted by Crippen LogP contribution is 2.49. The lowest BCUT2D eigenvalue weighted by atomic mass is 9.69. The Morgan fingerprint density at radius 3 is 2.55 bits per heavy atom. The van der Waals surface area contributed by atoms with Gasteiger partial charge in [-0.15, -0.1) is 0 Å². The van der Waals surface area contributed by atoms with Gasteiger partial charge in [-0.1, -0.05) is 43.7 Å². The zero-order chi connectivity index (χ0) is 28.7. The smallest absolute Gasteiger partial charge is 0.343 e. The van der Waals surface area contributed by atoms with Crippen LogP contribution in [0.3, 0.4) is 0 Å². The average Bonchev–Trinajstić information content (AvgIpc) is 3.35. The van der Waals surface area contributed by atoms with Gasteiger partial charge in [0.25, 0.3) is 0 Å². The number of hydrogen-bond acceptors (Lipinski definition) is 9. The van der Waals surface area contributed by atoms with Gasteiger partial charge in [-0.25, -0.2) is 9.59 Å². The Labute approximate surface area is 235 Å². The van der Waals surface area contributed by atoms with Gasteiger partial charge >= 0.3 is 17.9 Å². The first-order valence-electron chi connectivity index (χ1n) is 13.8. The molecule has 0 aromatic heterocycles. The van der Waals surface area contributed by atoms with E-state index in [-0.39, 0.29) is 24.8 Å². The zero-order valence-electron chi connectivity index (χ0n) is 23.8. The van der Waals surface area contributed by atoms with Crippen LogP contribution < -0.4 is 0 Å². The van der Waals surface area contributed by atoms with E-state index in [1.165, 1.54) is 0 Å². The standard InChI is InChI=1S/C31H39NO8/c1-21(11-13-25(33)38-19-16-32-14-17-37-18-15-32)10-12-23-27(40-29(34)22-8-6-5-7-9-22)26-24(20-39-30(26)35)31(2,3)28(23)36-4/h5-10,28H,11-20H2,1-4H3/b21-10+. The summed E-state index contributed by atoms with van der Waals surface area (Å²) in [4.78, 5) is 40.4. The fourth-order valence-corrected chi connectivity index (χ4v) is 5.37. The summed E-state index contributed by atoms with van der Waals surface area (Å²) >= 11 is 0. The normalized spacial score (nSPS) is 21.2. The molecule has 0 amide bonds. The monoisotopic (exact) mass is 553 g/mol. The van der Waals surface area contributed by atoms with Gasteiger partial charge < -0.3 is 23.7 Å². The SMILES string of the molecule is COC1C(C/C=C(\C)CCC(=O)OCCN2CCOCC2)=C(OC(=O)c2ccccc2)C2=C(COC2=O)C1(C)C. The van der Waals surface area contributed by atoms with Gasteiger partial charge in [-0.3, -0.25) is 9.69 Å². The average molecular weight is 554 g/mol. The third-order valence-corrected chi connectivity index (χ3v) is 7.73. The number of cyclic esters (lactones) is 1. The molecule has 0 saturated carbocycles. The van der Waals surface area contributed by atoms with Crippen molar-refractivity contribution in [2.24, 2.45) is 5.41 Å². The van der Waals surface area contributed by atoms with Crippen molar-refractivity contribution in [3.63, 3.8) is 0 Å². The van der Waals surface area contributed by atoms with Crippen molar-refractivity contribution >= 4 is 17.9 Å². The third-order valence-electron chi connectivity index (χ3n) is 7.73. The summed E-state index contributed by atoms with van der Waals surface area (Å²) in [5.74, 6) is -1.11. The van der Waals surface area contributed by atoms with E-state index in [2.05, 4.69) is 4.90 Å². The van der Waals surface area contributed by atoms with Gasteiger partial charge in [-0.05, 0) is 37.5 Å².